The lowest BCUT2D eigenvalue weighted by molar-refractivity contribution is 0.585. The second kappa shape index (κ2) is 4.82. The number of rotatable bonds is 1. The van der Waals surface area contributed by atoms with Crippen LogP contribution in [0.4, 0.5) is 13.2 Å². The van der Waals surface area contributed by atoms with E-state index in [1.54, 1.807) is 6.92 Å². The average Bonchev–Trinajstić information content (AvgIpc) is 2.30. The zero-order chi connectivity index (χ0) is 13.4. The van der Waals surface area contributed by atoms with E-state index in [4.69, 9.17) is 23.2 Å². The van der Waals surface area contributed by atoms with Crippen molar-refractivity contribution in [3.05, 3.63) is 57.3 Å². The third-order valence-corrected chi connectivity index (χ3v) is 3.27. The van der Waals surface area contributed by atoms with Crippen LogP contribution < -0.4 is 0 Å². The highest BCUT2D eigenvalue weighted by atomic mass is 35.5. The number of benzene rings is 2. The minimum Gasteiger partial charge on any atom is -0.206 e. The molecule has 2 aromatic rings. The van der Waals surface area contributed by atoms with Crippen LogP contribution in [0.15, 0.2) is 18.2 Å². The van der Waals surface area contributed by atoms with Gasteiger partial charge in [-0.2, -0.15) is 0 Å². The van der Waals surface area contributed by atoms with Crippen LogP contribution in [-0.2, 0) is 0 Å². The van der Waals surface area contributed by atoms with E-state index >= 15 is 0 Å². The van der Waals surface area contributed by atoms with Gasteiger partial charge in [0.15, 0.2) is 0 Å². The zero-order valence-corrected chi connectivity index (χ0v) is 10.6. The molecule has 0 saturated heterocycles. The van der Waals surface area contributed by atoms with Gasteiger partial charge in [0.2, 0.25) is 0 Å². The van der Waals surface area contributed by atoms with Crippen molar-refractivity contribution in [2.24, 2.45) is 0 Å². The summed E-state index contributed by atoms with van der Waals surface area (Å²) >= 11 is 11.2. The van der Waals surface area contributed by atoms with E-state index in [2.05, 4.69) is 6.07 Å². The van der Waals surface area contributed by atoms with E-state index in [-0.39, 0.29) is 10.6 Å². The van der Waals surface area contributed by atoms with E-state index in [0.29, 0.717) is 11.1 Å². The molecule has 0 bridgehead atoms. The lowest BCUT2D eigenvalue weighted by Crippen LogP contribution is -1.91. The molecule has 5 heteroatoms. The maximum atomic E-state index is 13.4. The molecule has 1 radical (unpaired) electrons. The third kappa shape index (κ3) is 2.33. The molecule has 2 rings (SSSR count). The first-order chi connectivity index (χ1) is 8.40. The lowest BCUT2D eigenvalue weighted by Gasteiger charge is -2.09. The molecular weight excluding hydrogens is 284 g/mol. The topological polar surface area (TPSA) is 0 Å². The van der Waals surface area contributed by atoms with E-state index in [9.17, 15) is 13.2 Å². The first-order valence-electron chi connectivity index (χ1n) is 4.93. The Morgan fingerprint density at radius 2 is 1.56 bits per heavy atom. The van der Waals surface area contributed by atoms with E-state index < -0.39 is 22.5 Å². The molecule has 0 amide bonds. The summed E-state index contributed by atoms with van der Waals surface area (Å²) in [5, 5.41) is -0.522. The summed E-state index contributed by atoms with van der Waals surface area (Å²) in [6.07, 6.45) is 0. The van der Waals surface area contributed by atoms with Gasteiger partial charge in [-0.05, 0) is 41.8 Å². The smallest absolute Gasteiger partial charge is 0.145 e. The monoisotopic (exact) mass is 289 g/mol. The van der Waals surface area contributed by atoms with Gasteiger partial charge in [-0.3, -0.25) is 0 Å². The highest BCUT2D eigenvalue weighted by molar-refractivity contribution is 6.31. The van der Waals surface area contributed by atoms with Gasteiger partial charge in [0.25, 0.3) is 0 Å². The summed E-state index contributed by atoms with van der Waals surface area (Å²) in [4.78, 5) is 0. The van der Waals surface area contributed by atoms with Gasteiger partial charge in [-0.25, -0.2) is 13.2 Å². The van der Waals surface area contributed by atoms with Gasteiger partial charge in [0.1, 0.15) is 22.5 Å². The fourth-order valence-electron chi connectivity index (χ4n) is 1.60. The molecule has 2 aromatic carbocycles. The number of halogens is 5. The minimum absolute atomic E-state index is 0.0702. The highest BCUT2D eigenvalue weighted by Crippen LogP contribution is 2.32. The Bertz CT molecular complexity index is 601. The van der Waals surface area contributed by atoms with Crippen molar-refractivity contribution in [2.45, 2.75) is 6.92 Å². The van der Waals surface area contributed by atoms with Crippen LogP contribution in [0.3, 0.4) is 0 Å². The van der Waals surface area contributed by atoms with Crippen molar-refractivity contribution < 1.29 is 13.2 Å². The largest absolute Gasteiger partial charge is 0.206 e. The van der Waals surface area contributed by atoms with E-state index in [0.717, 1.165) is 18.2 Å². The van der Waals surface area contributed by atoms with Crippen LogP contribution in [0.2, 0.25) is 10.0 Å². The standard InChI is InChI=1S/C13H6Cl2F3/c1-6-9(4-8(16)5-10(6)14)7-2-11(17)13(15)12(18)3-7/h2-4H,1H3. The van der Waals surface area contributed by atoms with Crippen molar-refractivity contribution in [3.8, 4) is 11.1 Å². The van der Waals surface area contributed by atoms with Crippen molar-refractivity contribution in [1.82, 2.24) is 0 Å². The maximum absolute atomic E-state index is 13.4. The molecule has 0 spiro atoms. The summed E-state index contributed by atoms with van der Waals surface area (Å²) < 4.78 is 39.9. The predicted molar refractivity (Wildman–Crippen MR) is 65.3 cm³/mol. The van der Waals surface area contributed by atoms with Gasteiger partial charge in [0.05, 0.1) is 5.02 Å². The number of hydrogen-bond donors (Lipinski definition) is 0. The molecule has 0 aliphatic heterocycles. The second-order valence-electron chi connectivity index (χ2n) is 3.72. The summed E-state index contributed by atoms with van der Waals surface area (Å²) in [6, 6.07) is 5.45. The molecule has 0 aliphatic rings. The normalized spacial score (nSPS) is 10.8. The lowest BCUT2D eigenvalue weighted by atomic mass is 10.00. The van der Waals surface area contributed by atoms with Crippen LogP contribution in [0, 0.1) is 30.4 Å². The van der Waals surface area contributed by atoms with Gasteiger partial charge in [-0.1, -0.05) is 23.2 Å². The molecule has 0 fully saturated rings. The van der Waals surface area contributed by atoms with Crippen LogP contribution in [0.25, 0.3) is 11.1 Å². The molecule has 0 N–H and O–H groups in total. The molecule has 0 unspecified atom stereocenters. The van der Waals surface area contributed by atoms with E-state index in [1.807, 2.05) is 0 Å². The molecule has 0 heterocycles. The first-order valence-corrected chi connectivity index (χ1v) is 5.68. The molecule has 0 aliphatic carbocycles. The molecular formula is C13H6Cl2F3. The van der Waals surface area contributed by atoms with Gasteiger partial charge in [-0.15, -0.1) is 0 Å². The maximum Gasteiger partial charge on any atom is 0.145 e. The summed E-state index contributed by atoms with van der Waals surface area (Å²) in [5.74, 6) is -2.51. The quantitative estimate of drug-likeness (QED) is 0.634. The van der Waals surface area contributed by atoms with Crippen molar-refractivity contribution in [3.63, 3.8) is 0 Å². The van der Waals surface area contributed by atoms with Crippen molar-refractivity contribution in [1.29, 1.82) is 0 Å². The van der Waals surface area contributed by atoms with E-state index in [1.165, 1.54) is 0 Å². The molecule has 0 saturated carbocycles. The molecule has 93 valence electrons. The molecule has 0 atom stereocenters. The van der Waals surface area contributed by atoms with Gasteiger partial charge in [0, 0.05) is 6.07 Å². The van der Waals surface area contributed by atoms with Gasteiger partial charge < -0.3 is 0 Å². The summed E-state index contributed by atoms with van der Waals surface area (Å²) in [5.41, 5.74) is 0.951. The Morgan fingerprint density at radius 3 is 2.11 bits per heavy atom. The predicted octanol–water partition coefficient (Wildman–Crippen LogP) is 5.19. The number of hydrogen-bond acceptors (Lipinski definition) is 0. The van der Waals surface area contributed by atoms with Crippen molar-refractivity contribution >= 4 is 23.2 Å². The molecule has 18 heavy (non-hydrogen) atoms. The van der Waals surface area contributed by atoms with Crippen LogP contribution in [0.5, 0.6) is 0 Å². The van der Waals surface area contributed by atoms with Crippen LogP contribution in [0.1, 0.15) is 5.56 Å². The third-order valence-electron chi connectivity index (χ3n) is 2.53. The first kappa shape index (κ1) is 13.2. The molecule has 0 aromatic heterocycles. The summed E-state index contributed by atoms with van der Waals surface area (Å²) in [7, 11) is 0. The summed E-state index contributed by atoms with van der Waals surface area (Å²) in [6.45, 7) is 1.61. The second-order valence-corrected chi connectivity index (χ2v) is 4.48. The Labute approximate surface area is 112 Å². The SMILES string of the molecule is Cc1c(Cl)[c]c(F)cc1-c1cc(F)c(Cl)c(F)c1. The average molecular weight is 290 g/mol. The highest BCUT2D eigenvalue weighted by Gasteiger charge is 2.13. The Kier molecular flexibility index (Phi) is 3.55. The molecule has 0 nitrogen and oxygen atoms in total. The fraction of sp³-hybridized carbons (Fsp3) is 0.0769. The van der Waals surface area contributed by atoms with Crippen LogP contribution in [-0.4, -0.2) is 0 Å². The van der Waals surface area contributed by atoms with Crippen molar-refractivity contribution in [2.75, 3.05) is 0 Å². The minimum atomic E-state index is -0.907. The fourth-order valence-corrected chi connectivity index (χ4v) is 1.90. The van der Waals surface area contributed by atoms with Gasteiger partial charge >= 0.3 is 0 Å². The Morgan fingerprint density at radius 1 is 1.00 bits per heavy atom. The Hall–Kier alpha value is -1.19. The zero-order valence-electron chi connectivity index (χ0n) is 9.12. The van der Waals surface area contributed by atoms with Crippen LogP contribution >= 0.6 is 23.2 Å². The Balaban J connectivity index is 2.69.